The second kappa shape index (κ2) is 4.75. The zero-order valence-corrected chi connectivity index (χ0v) is 10.3. The van der Waals surface area contributed by atoms with Gasteiger partial charge < -0.3 is 5.73 Å². The Kier molecular flexibility index (Phi) is 3.50. The number of hydrogen-bond acceptors (Lipinski definition) is 2. The van der Waals surface area contributed by atoms with Crippen LogP contribution in [-0.2, 0) is 0 Å². The quantitative estimate of drug-likeness (QED) is 0.842. The lowest BCUT2D eigenvalue weighted by molar-refractivity contribution is 0.0948. The summed E-state index contributed by atoms with van der Waals surface area (Å²) in [5, 5.41) is 0.294. The van der Waals surface area contributed by atoms with Gasteiger partial charge in [0.2, 0.25) is 0 Å². The molecule has 4 heteroatoms. The molecule has 0 unspecified atom stereocenters. The SMILES string of the molecule is NC1(CC(=O)c2ccc(Cl)cc2F)CCCC1. The molecule has 0 saturated heterocycles. The molecule has 2 rings (SSSR count). The molecular weight excluding hydrogens is 241 g/mol. The fourth-order valence-electron chi connectivity index (χ4n) is 2.39. The molecule has 92 valence electrons. The molecule has 1 aromatic rings. The van der Waals surface area contributed by atoms with Gasteiger partial charge in [-0.25, -0.2) is 4.39 Å². The second-order valence-corrected chi connectivity index (χ2v) is 5.23. The standard InChI is InChI=1S/C13H15ClFNO/c14-9-3-4-10(11(15)7-9)12(17)8-13(16)5-1-2-6-13/h3-4,7H,1-2,5-6,8,16H2. The number of hydrogen-bond donors (Lipinski definition) is 1. The highest BCUT2D eigenvalue weighted by atomic mass is 35.5. The molecule has 0 spiro atoms. The average molecular weight is 256 g/mol. The van der Waals surface area contributed by atoms with Crippen molar-refractivity contribution in [3.05, 3.63) is 34.6 Å². The van der Waals surface area contributed by atoms with Gasteiger partial charge in [-0.2, -0.15) is 0 Å². The third-order valence-corrected chi connectivity index (χ3v) is 3.58. The van der Waals surface area contributed by atoms with E-state index >= 15 is 0 Å². The molecule has 1 saturated carbocycles. The average Bonchev–Trinajstić information content (AvgIpc) is 2.64. The lowest BCUT2D eigenvalue weighted by atomic mass is 9.90. The number of carbonyl (C=O) groups is 1. The topological polar surface area (TPSA) is 43.1 Å². The van der Waals surface area contributed by atoms with Gasteiger partial charge in [-0.05, 0) is 31.0 Å². The third-order valence-electron chi connectivity index (χ3n) is 3.34. The first-order valence-electron chi connectivity index (χ1n) is 5.77. The molecule has 2 N–H and O–H groups in total. The van der Waals surface area contributed by atoms with E-state index in [4.69, 9.17) is 17.3 Å². The van der Waals surface area contributed by atoms with E-state index in [0.29, 0.717) is 5.02 Å². The Bertz CT molecular complexity index is 441. The van der Waals surface area contributed by atoms with Gasteiger partial charge >= 0.3 is 0 Å². The van der Waals surface area contributed by atoms with Crippen molar-refractivity contribution in [2.24, 2.45) is 5.73 Å². The number of nitrogens with two attached hydrogens (primary N) is 1. The van der Waals surface area contributed by atoms with Crippen LogP contribution in [0.15, 0.2) is 18.2 Å². The lowest BCUT2D eigenvalue weighted by Crippen LogP contribution is -2.38. The van der Waals surface area contributed by atoms with Gasteiger partial charge in [0.15, 0.2) is 5.78 Å². The van der Waals surface area contributed by atoms with Crippen molar-refractivity contribution in [3.8, 4) is 0 Å². The first-order valence-corrected chi connectivity index (χ1v) is 6.15. The van der Waals surface area contributed by atoms with Gasteiger partial charge in [-0.1, -0.05) is 24.4 Å². The van der Waals surface area contributed by atoms with Gasteiger partial charge in [0.25, 0.3) is 0 Å². The molecule has 0 aromatic heterocycles. The monoisotopic (exact) mass is 255 g/mol. The molecule has 1 aromatic carbocycles. The van der Waals surface area contributed by atoms with E-state index in [0.717, 1.165) is 31.7 Å². The van der Waals surface area contributed by atoms with Crippen molar-refractivity contribution in [2.45, 2.75) is 37.6 Å². The molecule has 0 bridgehead atoms. The summed E-state index contributed by atoms with van der Waals surface area (Å²) in [6.45, 7) is 0. The summed E-state index contributed by atoms with van der Waals surface area (Å²) in [7, 11) is 0. The van der Waals surface area contributed by atoms with Crippen LogP contribution in [0.1, 0.15) is 42.5 Å². The van der Waals surface area contributed by atoms with E-state index in [2.05, 4.69) is 0 Å². The maximum atomic E-state index is 13.6. The number of ketones is 1. The Morgan fingerprint density at radius 1 is 1.41 bits per heavy atom. The summed E-state index contributed by atoms with van der Waals surface area (Å²) in [6.07, 6.45) is 3.99. The van der Waals surface area contributed by atoms with E-state index in [1.807, 2.05) is 0 Å². The van der Waals surface area contributed by atoms with Gasteiger partial charge in [0, 0.05) is 17.0 Å². The Labute approximate surface area is 105 Å². The van der Waals surface area contributed by atoms with Crippen LogP contribution in [-0.4, -0.2) is 11.3 Å². The zero-order valence-electron chi connectivity index (χ0n) is 9.51. The summed E-state index contributed by atoms with van der Waals surface area (Å²) in [5.41, 5.74) is 5.76. The molecule has 0 amide bonds. The minimum Gasteiger partial charge on any atom is -0.325 e. The maximum absolute atomic E-state index is 13.6. The molecule has 0 aliphatic heterocycles. The van der Waals surface area contributed by atoms with Crippen LogP contribution in [0.3, 0.4) is 0 Å². The molecular formula is C13H15ClFNO. The van der Waals surface area contributed by atoms with E-state index in [1.54, 1.807) is 0 Å². The van der Waals surface area contributed by atoms with Crippen molar-refractivity contribution in [3.63, 3.8) is 0 Å². The predicted octanol–water partition coefficient (Wildman–Crippen LogP) is 3.32. The van der Waals surface area contributed by atoms with Crippen LogP contribution in [0.5, 0.6) is 0 Å². The fraction of sp³-hybridized carbons (Fsp3) is 0.462. The second-order valence-electron chi connectivity index (χ2n) is 4.79. The van der Waals surface area contributed by atoms with Crippen LogP contribution in [0.2, 0.25) is 5.02 Å². The largest absolute Gasteiger partial charge is 0.325 e. The maximum Gasteiger partial charge on any atom is 0.167 e. The summed E-state index contributed by atoms with van der Waals surface area (Å²) >= 11 is 5.64. The minimum absolute atomic E-state index is 0.0890. The van der Waals surface area contributed by atoms with Crippen LogP contribution in [0, 0.1) is 5.82 Å². The number of benzene rings is 1. The first-order chi connectivity index (χ1) is 8.00. The van der Waals surface area contributed by atoms with Gasteiger partial charge in [0.1, 0.15) is 5.82 Å². The third kappa shape index (κ3) is 2.85. The smallest absolute Gasteiger partial charge is 0.167 e. The molecule has 1 aliphatic rings. The Balaban J connectivity index is 2.14. The van der Waals surface area contributed by atoms with Crippen molar-refractivity contribution in [2.75, 3.05) is 0 Å². The highest BCUT2D eigenvalue weighted by Gasteiger charge is 2.32. The van der Waals surface area contributed by atoms with Crippen molar-refractivity contribution in [1.82, 2.24) is 0 Å². The molecule has 0 heterocycles. The first kappa shape index (κ1) is 12.5. The highest BCUT2D eigenvalue weighted by Crippen LogP contribution is 2.31. The van der Waals surface area contributed by atoms with Crippen molar-refractivity contribution < 1.29 is 9.18 Å². The fourth-order valence-corrected chi connectivity index (χ4v) is 2.55. The number of carbonyl (C=O) groups excluding carboxylic acids is 1. The molecule has 0 atom stereocenters. The molecule has 1 fully saturated rings. The molecule has 17 heavy (non-hydrogen) atoms. The number of halogens is 2. The number of rotatable bonds is 3. The zero-order chi connectivity index (χ0) is 12.5. The normalized spacial score (nSPS) is 18.3. The Hall–Kier alpha value is -0.930. The van der Waals surface area contributed by atoms with Gasteiger partial charge in [-0.3, -0.25) is 4.79 Å². The van der Waals surface area contributed by atoms with Gasteiger partial charge in [0.05, 0.1) is 5.56 Å². The summed E-state index contributed by atoms with van der Waals surface area (Å²) < 4.78 is 13.6. The minimum atomic E-state index is -0.566. The Morgan fingerprint density at radius 2 is 2.06 bits per heavy atom. The molecule has 2 nitrogen and oxygen atoms in total. The summed E-state index contributed by atoms with van der Waals surface area (Å²) in [4.78, 5) is 12.0. The van der Waals surface area contributed by atoms with E-state index in [1.165, 1.54) is 12.1 Å². The molecule has 1 aliphatic carbocycles. The number of Topliss-reactive ketones (excluding diaryl/α,β-unsaturated/α-hetero) is 1. The van der Waals surface area contributed by atoms with E-state index < -0.39 is 11.4 Å². The predicted molar refractivity (Wildman–Crippen MR) is 65.7 cm³/mol. The van der Waals surface area contributed by atoms with Crippen LogP contribution in [0.25, 0.3) is 0 Å². The Morgan fingerprint density at radius 3 is 2.65 bits per heavy atom. The molecule has 0 radical (unpaired) electrons. The van der Waals surface area contributed by atoms with Crippen molar-refractivity contribution >= 4 is 17.4 Å². The van der Waals surface area contributed by atoms with Crippen LogP contribution >= 0.6 is 11.6 Å². The summed E-state index contributed by atoms with van der Waals surface area (Å²) in [5.74, 6) is -0.798. The van der Waals surface area contributed by atoms with Crippen LogP contribution in [0.4, 0.5) is 4.39 Å². The lowest BCUT2D eigenvalue weighted by Gasteiger charge is -2.22. The summed E-state index contributed by atoms with van der Waals surface area (Å²) in [6, 6.07) is 4.11. The van der Waals surface area contributed by atoms with E-state index in [-0.39, 0.29) is 17.8 Å². The highest BCUT2D eigenvalue weighted by molar-refractivity contribution is 6.30. The van der Waals surface area contributed by atoms with E-state index in [9.17, 15) is 9.18 Å². The van der Waals surface area contributed by atoms with Gasteiger partial charge in [-0.15, -0.1) is 0 Å². The van der Waals surface area contributed by atoms with Crippen molar-refractivity contribution in [1.29, 1.82) is 0 Å². The van der Waals surface area contributed by atoms with Crippen LogP contribution < -0.4 is 5.73 Å².